The summed E-state index contributed by atoms with van der Waals surface area (Å²) in [6.07, 6.45) is 1.09. The number of sulfonamides is 1. The van der Waals surface area contributed by atoms with Gasteiger partial charge in [-0.3, -0.25) is 9.36 Å². The minimum Gasteiger partial charge on any atom is -0.340 e. The summed E-state index contributed by atoms with van der Waals surface area (Å²) in [5, 5.41) is 0. The van der Waals surface area contributed by atoms with Crippen LogP contribution in [0.25, 0.3) is 11.0 Å². The van der Waals surface area contributed by atoms with E-state index in [-0.39, 0.29) is 13.1 Å². The second-order valence-electron chi connectivity index (χ2n) is 6.72. The molecule has 148 valence electrons. The van der Waals surface area contributed by atoms with Crippen molar-refractivity contribution in [1.29, 1.82) is 0 Å². The third kappa shape index (κ3) is 2.92. The zero-order valence-electron chi connectivity index (χ0n) is 15.5. The van der Waals surface area contributed by atoms with Crippen molar-refractivity contribution in [3.8, 4) is 0 Å². The minimum atomic E-state index is -4.00. The molecule has 1 fully saturated rings. The molecule has 1 aliphatic rings. The average Bonchev–Trinajstić information content (AvgIpc) is 3.13. The normalized spacial score (nSPS) is 16.0. The second-order valence-corrected chi connectivity index (χ2v) is 8.63. The highest BCUT2D eigenvalue weighted by Crippen LogP contribution is 2.20. The van der Waals surface area contributed by atoms with Crippen LogP contribution in [-0.2, 0) is 24.1 Å². The number of para-hydroxylation sites is 2. The lowest BCUT2D eigenvalue weighted by Gasteiger charge is -2.33. The number of imidazole rings is 1. The van der Waals surface area contributed by atoms with Crippen molar-refractivity contribution in [2.45, 2.75) is 4.90 Å². The highest BCUT2D eigenvalue weighted by molar-refractivity contribution is 7.89. The van der Waals surface area contributed by atoms with Gasteiger partial charge in [-0.1, -0.05) is 12.1 Å². The average molecular weight is 404 g/mol. The van der Waals surface area contributed by atoms with Gasteiger partial charge >= 0.3 is 5.69 Å². The van der Waals surface area contributed by atoms with Crippen LogP contribution >= 0.6 is 0 Å². The lowest BCUT2D eigenvalue weighted by Crippen LogP contribution is -2.50. The van der Waals surface area contributed by atoms with E-state index in [1.807, 2.05) is 29.2 Å². The number of benzene rings is 1. The van der Waals surface area contributed by atoms with Gasteiger partial charge < -0.3 is 14.5 Å². The number of aromatic nitrogens is 4. The highest BCUT2D eigenvalue weighted by atomic mass is 32.2. The Morgan fingerprint density at radius 3 is 2.39 bits per heavy atom. The molecule has 1 saturated heterocycles. The van der Waals surface area contributed by atoms with Crippen molar-refractivity contribution in [2.75, 3.05) is 31.1 Å². The molecule has 0 amide bonds. The number of nitrogens with one attached hydrogen (secondary N) is 1. The molecule has 0 atom stereocenters. The van der Waals surface area contributed by atoms with Crippen LogP contribution in [0.4, 0.5) is 5.95 Å². The number of H-pyrrole nitrogens is 1. The highest BCUT2D eigenvalue weighted by Gasteiger charge is 2.32. The maximum atomic E-state index is 13.0. The Hall–Kier alpha value is -2.92. The summed E-state index contributed by atoms with van der Waals surface area (Å²) in [6, 6.07) is 7.67. The van der Waals surface area contributed by atoms with Gasteiger partial charge in [0.25, 0.3) is 5.56 Å². The first-order valence-electron chi connectivity index (χ1n) is 8.75. The zero-order chi connectivity index (χ0) is 20.1. The summed E-state index contributed by atoms with van der Waals surface area (Å²) in [6.45, 7) is 1.30. The lowest BCUT2D eigenvalue weighted by atomic mass is 10.3. The van der Waals surface area contributed by atoms with Crippen LogP contribution in [0, 0.1) is 0 Å². The predicted octanol–water partition coefficient (Wildman–Crippen LogP) is -0.529. The van der Waals surface area contributed by atoms with E-state index in [0.717, 1.165) is 26.4 Å². The first-order valence-corrected chi connectivity index (χ1v) is 10.2. The van der Waals surface area contributed by atoms with Crippen molar-refractivity contribution in [3.05, 3.63) is 51.3 Å². The molecule has 1 aromatic carbocycles. The van der Waals surface area contributed by atoms with Crippen LogP contribution < -0.4 is 16.1 Å². The standard InChI is InChI=1S/C17H20N6O4S/c1-20-11-14(15(24)21(2)17(20)25)28(26,27)23-9-7-22(8-10-23)16-18-12-5-3-4-6-13(12)19-16/h3-6,11H,7-10H2,1-2H3,(H,18,19). The number of anilines is 1. The molecule has 0 radical (unpaired) electrons. The second kappa shape index (κ2) is 6.60. The number of piperazine rings is 1. The van der Waals surface area contributed by atoms with E-state index in [1.54, 1.807) is 0 Å². The molecular formula is C17H20N6O4S. The van der Waals surface area contributed by atoms with Gasteiger partial charge in [0, 0.05) is 46.5 Å². The molecule has 11 heteroatoms. The van der Waals surface area contributed by atoms with Crippen molar-refractivity contribution in [1.82, 2.24) is 23.4 Å². The Bertz CT molecular complexity index is 1230. The van der Waals surface area contributed by atoms with Crippen LogP contribution in [0.15, 0.2) is 44.9 Å². The molecule has 10 nitrogen and oxygen atoms in total. The van der Waals surface area contributed by atoms with Gasteiger partial charge in [-0.2, -0.15) is 4.31 Å². The van der Waals surface area contributed by atoms with Gasteiger partial charge in [0.15, 0.2) is 4.90 Å². The summed E-state index contributed by atoms with van der Waals surface area (Å²) in [5.41, 5.74) is 0.379. The van der Waals surface area contributed by atoms with E-state index in [1.165, 1.54) is 18.4 Å². The van der Waals surface area contributed by atoms with Crippen LogP contribution in [0.2, 0.25) is 0 Å². The van der Waals surface area contributed by atoms with E-state index in [0.29, 0.717) is 19.0 Å². The van der Waals surface area contributed by atoms with Crippen LogP contribution in [0.3, 0.4) is 0 Å². The fourth-order valence-electron chi connectivity index (χ4n) is 3.32. The molecule has 0 spiro atoms. The summed E-state index contributed by atoms with van der Waals surface area (Å²) >= 11 is 0. The number of fused-ring (bicyclic) bond motifs is 1. The smallest absolute Gasteiger partial charge is 0.330 e. The quantitative estimate of drug-likeness (QED) is 0.628. The van der Waals surface area contributed by atoms with Crippen molar-refractivity contribution in [2.24, 2.45) is 14.1 Å². The zero-order valence-corrected chi connectivity index (χ0v) is 16.3. The molecule has 1 N–H and O–H groups in total. The number of aryl methyl sites for hydroxylation is 1. The SMILES string of the molecule is Cn1cc(S(=O)(=O)N2CCN(c3nc4ccccc4[nH]3)CC2)c(=O)n(C)c1=O. The van der Waals surface area contributed by atoms with Crippen LogP contribution in [-0.4, -0.2) is 58.0 Å². The van der Waals surface area contributed by atoms with E-state index >= 15 is 0 Å². The molecule has 0 aliphatic carbocycles. The third-order valence-corrected chi connectivity index (χ3v) is 6.83. The van der Waals surface area contributed by atoms with Gasteiger partial charge in [-0.25, -0.2) is 18.2 Å². The number of rotatable bonds is 3. The van der Waals surface area contributed by atoms with Gasteiger partial charge in [0.1, 0.15) is 0 Å². The van der Waals surface area contributed by atoms with Gasteiger partial charge in [-0.05, 0) is 12.1 Å². The minimum absolute atomic E-state index is 0.214. The molecule has 1 aliphatic heterocycles. The van der Waals surface area contributed by atoms with E-state index in [2.05, 4.69) is 9.97 Å². The molecule has 0 bridgehead atoms. The number of aromatic amines is 1. The van der Waals surface area contributed by atoms with Crippen LogP contribution in [0.5, 0.6) is 0 Å². The topological polar surface area (TPSA) is 113 Å². The van der Waals surface area contributed by atoms with Gasteiger partial charge in [0.2, 0.25) is 16.0 Å². The van der Waals surface area contributed by atoms with E-state index in [4.69, 9.17) is 0 Å². The monoisotopic (exact) mass is 404 g/mol. The summed E-state index contributed by atoms with van der Waals surface area (Å²) in [4.78, 5) is 33.5. The summed E-state index contributed by atoms with van der Waals surface area (Å²) in [5.74, 6) is 0.691. The summed E-state index contributed by atoms with van der Waals surface area (Å²) in [7, 11) is -1.32. The number of nitrogens with zero attached hydrogens (tertiary/aromatic N) is 5. The van der Waals surface area contributed by atoms with Gasteiger partial charge in [-0.15, -0.1) is 0 Å². The lowest BCUT2D eigenvalue weighted by molar-refractivity contribution is 0.381. The molecule has 3 aromatic rings. The van der Waals surface area contributed by atoms with Crippen molar-refractivity contribution in [3.63, 3.8) is 0 Å². The number of hydrogen-bond acceptors (Lipinski definition) is 6. The largest absolute Gasteiger partial charge is 0.340 e. The fourth-order valence-corrected chi connectivity index (χ4v) is 4.89. The molecule has 0 saturated carbocycles. The maximum Gasteiger partial charge on any atom is 0.330 e. The Kier molecular flexibility index (Phi) is 4.35. The Balaban J connectivity index is 1.58. The molecule has 3 heterocycles. The van der Waals surface area contributed by atoms with E-state index in [9.17, 15) is 18.0 Å². The molecular weight excluding hydrogens is 384 g/mol. The first-order chi connectivity index (χ1) is 13.3. The molecule has 0 unspecified atom stereocenters. The summed E-state index contributed by atoms with van der Waals surface area (Å²) < 4.78 is 29.1. The predicted molar refractivity (Wildman–Crippen MR) is 104 cm³/mol. The van der Waals surface area contributed by atoms with Crippen LogP contribution in [0.1, 0.15) is 0 Å². The van der Waals surface area contributed by atoms with Crippen molar-refractivity contribution >= 4 is 27.0 Å². The van der Waals surface area contributed by atoms with E-state index < -0.39 is 26.2 Å². The number of hydrogen-bond donors (Lipinski definition) is 1. The van der Waals surface area contributed by atoms with Crippen molar-refractivity contribution < 1.29 is 8.42 Å². The molecule has 28 heavy (non-hydrogen) atoms. The Labute approximate surface area is 160 Å². The first kappa shape index (κ1) is 18.4. The molecule has 4 rings (SSSR count). The maximum absolute atomic E-state index is 13.0. The third-order valence-electron chi connectivity index (χ3n) is 4.95. The Morgan fingerprint density at radius 1 is 1.04 bits per heavy atom. The van der Waals surface area contributed by atoms with Gasteiger partial charge in [0.05, 0.1) is 11.0 Å². The molecule has 2 aromatic heterocycles. The Morgan fingerprint density at radius 2 is 1.71 bits per heavy atom. The fraction of sp³-hybridized carbons (Fsp3) is 0.353.